The highest BCUT2D eigenvalue weighted by molar-refractivity contribution is 7.87. The molecular formula is C27H30N4O5S3. The Hall–Kier alpha value is -3.45. The number of amides is 2. The number of rotatable bonds is 12. The molecule has 0 fully saturated rings. The molecule has 0 aliphatic carbocycles. The molecule has 2 amide bonds. The first-order chi connectivity index (χ1) is 18.5. The van der Waals surface area contributed by atoms with E-state index >= 15 is 0 Å². The Morgan fingerprint density at radius 1 is 0.974 bits per heavy atom. The molecule has 0 saturated heterocycles. The van der Waals surface area contributed by atoms with Gasteiger partial charge in [-0.2, -0.15) is 19.8 Å². The Kier molecular flexibility index (Phi) is 10.9. The Morgan fingerprint density at radius 2 is 1.62 bits per heavy atom. The molecule has 0 bridgehead atoms. The van der Waals surface area contributed by atoms with E-state index in [4.69, 9.17) is 16.8 Å². The van der Waals surface area contributed by atoms with E-state index in [-0.39, 0.29) is 17.5 Å². The van der Waals surface area contributed by atoms with E-state index in [1.165, 1.54) is 30.4 Å². The lowest BCUT2D eigenvalue weighted by atomic mass is 9.98. The summed E-state index contributed by atoms with van der Waals surface area (Å²) in [6.45, 7) is 3.28. The van der Waals surface area contributed by atoms with Crippen LogP contribution in [-0.4, -0.2) is 47.6 Å². The third-order valence-corrected chi connectivity index (χ3v) is 7.22. The van der Waals surface area contributed by atoms with Crippen LogP contribution in [0.25, 0.3) is 0 Å². The van der Waals surface area contributed by atoms with E-state index in [0.717, 1.165) is 16.7 Å². The fourth-order valence-corrected chi connectivity index (χ4v) is 5.30. The molecule has 206 valence electrons. The van der Waals surface area contributed by atoms with E-state index in [1.54, 1.807) is 12.1 Å². The highest BCUT2D eigenvalue weighted by atomic mass is 32.2. The minimum atomic E-state index is -4.40. The van der Waals surface area contributed by atoms with Gasteiger partial charge in [0.2, 0.25) is 11.8 Å². The van der Waals surface area contributed by atoms with E-state index in [9.17, 15) is 18.0 Å². The minimum Gasteiger partial charge on any atom is -0.346 e. The van der Waals surface area contributed by atoms with Gasteiger partial charge >= 0.3 is 10.3 Å². The van der Waals surface area contributed by atoms with Crippen LogP contribution in [0.15, 0.2) is 76.4 Å². The predicted molar refractivity (Wildman–Crippen MR) is 159 cm³/mol. The number of nitrogens with zero attached hydrogens (tertiary/aromatic N) is 1. The molecule has 4 N–H and O–H groups in total. The predicted octanol–water partition coefficient (Wildman–Crippen LogP) is 3.96. The molecule has 0 spiro atoms. The van der Waals surface area contributed by atoms with Crippen LogP contribution in [-0.2, 0) is 32.7 Å². The summed E-state index contributed by atoms with van der Waals surface area (Å²) in [5.41, 5.74) is 3.34. The van der Waals surface area contributed by atoms with Gasteiger partial charge in [0, 0.05) is 30.0 Å². The van der Waals surface area contributed by atoms with Crippen molar-refractivity contribution in [3.8, 4) is 0 Å². The zero-order chi connectivity index (χ0) is 28.4. The van der Waals surface area contributed by atoms with Gasteiger partial charge < -0.3 is 10.6 Å². The van der Waals surface area contributed by atoms with E-state index in [0.29, 0.717) is 30.0 Å². The molecule has 1 heterocycles. The van der Waals surface area contributed by atoms with Crippen LogP contribution in [0.5, 0.6) is 0 Å². The number of carbonyl (C=O) groups excluding carboxylic acids is 2. The summed E-state index contributed by atoms with van der Waals surface area (Å²) in [4.78, 5) is 30.5. The second-order valence-electron chi connectivity index (χ2n) is 8.76. The quantitative estimate of drug-likeness (QED) is 0.144. The number of benzene rings is 2. The van der Waals surface area contributed by atoms with Gasteiger partial charge in [-0.3, -0.25) is 18.9 Å². The van der Waals surface area contributed by atoms with Crippen LogP contribution in [0, 0.1) is 0 Å². The molecular weight excluding hydrogens is 557 g/mol. The number of aliphatic imine (C=N–C) groups is 1. The van der Waals surface area contributed by atoms with Crippen molar-refractivity contribution < 1.29 is 22.6 Å². The maximum atomic E-state index is 13.5. The first-order valence-corrected chi connectivity index (χ1v) is 14.9. The van der Waals surface area contributed by atoms with Crippen molar-refractivity contribution in [3.63, 3.8) is 0 Å². The zero-order valence-electron chi connectivity index (χ0n) is 21.5. The molecule has 1 aromatic heterocycles. The molecule has 0 aliphatic rings. The van der Waals surface area contributed by atoms with Gasteiger partial charge in [0.1, 0.15) is 11.0 Å². The summed E-state index contributed by atoms with van der Waals surface area (Å²) in [7, 11) is -4.40. The Labute approximate surface area is 237 Å². The van der Waals surface area contributed by atoms with Crippen LogP contribution < -0.4 is 15.4 Å². The Bertz CT molecular complexity index is 1410. The number of hydrogen-bond acceptors (Lipinski definition) is 6. The minimum absolute atomic E-state index is 0.193. The topological polar surface area (TPSA) is 137 Å². The average molecular weight is 587 g/mol. The number of hydrogen-bond donors (Lipinski definition) is 4. The van der Waals surface area contributed by atoms with Gasteiger partial charge in [-0.05, 0) is 47.5 Å². The lowest BCUT2D eigenvalue weighted by Gasteiger charge is -2.25. The van der Waals surface area contributed by atoms with Gasteiger partial charge in [0.15, 0.2) is 0 Å². The van der Waals surface area contributed by atoms with Crippen molar-refractivity contribution in [2.75, 3.05) is 4.72 Å². The largest absolute Gasteiger partial charge is 0.357 e. The number of carbonyl (C=O) groups is 2. The molecule has 3 aromatic rings. The molecule has 0 unspecified atom stereocenters. The van der Waals surface area contributed by atoms with Crippen molar-refractivity contribution in [1.82, 2.24) is 10.6 Å². The molecule has 2 atom stereocenters. The second-order valence-corrected chi connectivity index (χ2v) is 11.1. The number of thiocarbonyl (C=S) groups is 1. The smallest absolute Gasteiger partial charge is 0.346 e. The van der Waals surface area contributed by atoms with Crippen molar-refractivity contribution >= 4 is 62.1 Å². The SMILES string of the molecule is CC/C(=N\C(=S)c1ccsc1)[C@H](Cc1ccc(NS(=O)(=O)O)cc1)NC(=O)[C@H](Cc1ccccc1)NC(C)=O. The molecule has 12 heteroatoms. The van der Waals surface area contributed by atoms with E-state index in [2.05, 4.69) is 15.6 Å². The summed E-state index contributed by atoms with van der Waals surface area (Å²) >= 11 is 7.04. The lowest BCUT2D eigenvalue weighted by molar-refractivity contribution is -0.128. The summed E-state index contributed by atoms with van der Waals surface area (Å²) in [6.07, 6.45) is 1.14. The van der Waals surface area contributed by atoms with E-state index < -0.39 is 22.4 Å². The zero-order valence-corrected chi connectivity index (χ0v) is 23.9. The second kappa shape index (κ2) is 14.1. The van der Waals surface area contributed by atoms with Gasteiger partial charge in [-0.25, -0.2) is 4.99 Å². The first-order valence-electron chi connectivity index (χ1n) is 12.1. The fourth-order valence-electron chi connectivity index (χ4n) is 3.91. The van der Waals surface area contributed by atoms with Crippen LogP contribution >= 0.6 is 23.6 Å². The molecule has 3 rings (SSSR count). The number of anilines is 1. The number of thiophene rings is 1. The molecule has 0 radical (unpaired) electrons. The summed E-state index contributed by atoms with van der Waals surface area (Å²) in [6, 6.07) is 16.3. The number of nitrogens with one attached hydrogen (secondary N) is 3. The summed E-state index contributed by atoms with van der Waals surface area (Å²) < 4.78 is 33.3. The monoisotopic (exact) mass is 586 g/mol. The molecule has 2 aromatic carbocycles. The van der Waals surface area contributed by atoms with Gasteiger partial charge in [-0.1, -0.05) is 61.6 Å². The summed E-state index contributed by atoms with van der Waals surface area (Å²) in [5, 5.41) is 9.61. The molecule has 0 saturated carbocycles. The van der Waals surface area contributed by atoms with Crippen molar-refractivity contribution in [1.29, 1.82) is 0 Å². The highest BCUT2D eigenvalue weighted by Crippen LogP contribution is 2.16. The molecule has 9 nitrogen and oxygen atoms in total. The highest BCUT2D eigenvalue weighted by Gasteiger charge is 2.25. The molecule has 39 heavy (non-hydrogen) atoms. The normalized spacial score (nSPS) is 13.3. The Morgan fingerprint density at radius 3 is 2.18 bits per heavy atom. The van der Waals surface area contributed by atoms with Crippen molar-refractivity contribution in [2.45, 2.75) is 45.2 Å². The molecule has 0 aliphatic heterocycles. The van der Waals surface area contributed by atoms with Crippen LogP contribution in [0.4, 0.5) is 5.69 Å². The van der Waals surface area contributed by atoms with E-state index in [1.807, 2.05) is 58.8 Å². The van der Waals surface area contributed by atoms with Crippen LogP contribution in [0.1, 0.15) is 37.0 Å². The van der Waals surface area contributed by atoms with Gasteiger partial charge in [0.05, 0.1) is 11.7 Å². The first kappa shape index (κ1) is 30.1. The van der Waals surface area contributed by atoms with Crippen molar-refractivity contribution in [3.05, 3.63) is 88.1 Å². The average Bonchev–Trinajstić information content (AvgIpc) is 3.42. The maximum absolute atomic E-state index is 13.5. The van der Waals surface area contributed by atoms with Crippen molar-refractivity contribution in [2.24, 2.45) is 4.99 Å². The fraction of sp³-hybridized carbons (Fsp3) is 0.259. The van der Waals surface area contributed by atoms with Crippen LogP contribution in [0.2, 0.25) is 0 Å². The van der Waals surface area contributed by atoms with Gasteiger partial charge in [-0.15, -0.1) is 0 Å². The third-order valence-electron chi connectivity index (χ3n) is 5.71. The maximum Gasteiger partial charge on any atom is 0.357 e. The summed E-state index contributed by atoms with van der Waals surface area (Å²) in [5.74, 6) is -0.695. The Balaban J connectivity index is 1.89. The standard InChI is InChI=1S/C27H30N4O5S3/c1-3-23(30-27(37)21-13-14-38-17-21)24(15-20-9-11-22(12-10-20)31-39(34,35)36)29-26(33)25(28-18(2)32)16-19-7-5-4-6-8-19/h4-14,17,24-25,31H,3,15-16H2,1-2H3,(H,28,32)(H,29,33)(H,34,35,36)/b30-23+/t24-,25-/m0/s1. The lowest BCUT2D eigenvalue weighted by Crippen LogP contribution is -2.52. The third kappa shape index (κ3) is 9.98. The van der Waals surface area contributed by atoms with Gasteiger partial charge in [0.25, 0.3) is 0 Å². The van der Waals surface area contributed by atoms with Crippen LogP contribution in [0.3, 0.4) is 0 Å².